The Balaban J connectivity index is 1.32. The van der Waals surface area contributed by atoms with Gasteiger partial charge in [-0.3, -0.25) is 0 Å². The van der Waals surface area contributed by atoms with E-state index in [4.69, 9.17) is 4.42 Å². The van der Waals surface area contributed by atoms with Gasteiger partial charge in [0.05, 0.1) is 16.8 Å². The minimum absolute atomic E-state index is 0.0718. The van der Waals surface area contributed by atoms with Crippen molar-refractivity contribution >= 4 is 39.0 Å². The van der Waals surface area contributed by atoms with Crippen LogP contribution in [0.1, 0.15) is 49.9 Å². The maximum absolute atomic E-state index is 6.80. The fourth-order valence-corrected chi connectivity index (χ4v) is 9.02. The first kappa shape index (κ1) is 29.1. The number of anilines is 3. The molecular weight excluding hydrogens is 607 g/mol. The summed E-state index contributed by atoms with van der Waals surface area (Å²) in [6, 6.07) is 55.5. The van der Waals surface area contributed by atoms with Crippen molar-refractivity contribution in [2.45, 2.75) is 38.5 Å². The smallest absolute Gasteiger partial charge is 0.145 e. The van der Waals surface area contributed by atoms with Crippen LogP contribution in [0.2, 0.25) is 0 Å². The summed E-state index contributed by atoms with van der Waals surface area (Å²) in [5.41, 5.74) is 17.9. The number of hydrogen-bond donors (Lipinski definition) is 0. The van der Waals surface area contributed by atoms with Gasteiger partial charge in [0.2, 0.25) is 0 Å². The van der Waals surface area contributed by atoms with Gasteiger partial charge in [-0.25, -0.2) is 0 Å². The largest absolute Gasteiger partial charge is 0.455 e. The molecule has 0 spiro atoms. The first-order valence-electron chi connectivity index (χ1n) is 17.6. The zero-order valence-corrected chi connectivity index (χ0v) is 28.8. The standard InChI is InChI=1S/C48H37NO/c1-47(2)37-20-11-8-17-33(37)36-29-31(25-27-39(36)47)49(41-23-14-22-40-44(41)34-18-9-12-21-38(34)48(40,3)4)42-28-26-32(30-15-6-5-7-16-30)46-45(42)35-19-10-13-24-43(35)50-46/h5-29H,1-4H3. The van der Waals surface area contributed by atoms with Crippen LogP contribution in [-0.2, 0) is 10.8 Å². The summed E-state index contributed by atoms with van der Waals surface area (Å²) in [5, 5.41) is 2.23. The van der Waals surface area contributed by atoms with Crippen LogP contribution in [0.5, 0.6) is 0 Å². The first-order valence-corrected chi connectivity index (χ1v) is 17.6. The zero-order valence-electron chi connectivity index (χ0n) is 28.8. The minimum Gasteiger partial charge on any atom is -0.455 e. The van der Waals surface area contributed by atoms with Gasteiger partial charge in [-0.05, 0) is 80.9 Å². The number of fused-ring (bicyclic) bond motifs is 9. The summed E-state index contributed by atoms with van der Waals surface area (Å²) >= 11 is 0. The lowest BCUT2D eigenvalue weighted by Crippen LogP contribution is -2.17. The number of furan rings is 1. The Hall–Kier alpha value is -5.86. The summed E-state index contributed by atoms with van der Waals surface area (Å²) in [6.45, 7) is 9.41. The predicted molar refractivity (Wildman–Crippen MR) is 209 cm³/mol. The van der Waals surface area contributed by atoms with Crippen molar-refractivity contribution in [1.82, 2.24) is 0 Å². The van der Waals surface area contributed by atoms with Crippen LogP contribution >= 0.6 is 0 Å². The molecule has 1 aromatic heterocycles. The molecule has 0 atom stereocenters. The van der Waals surface area contributed by atoms with Crippen molar-refractivity contribution < 1.29 is 4.42 Å². The molecule has 8 aromatic rings. The fourth-order valence-electron chi connectivity index (χ4n) is 9.02. The molecule has 50 heavy (non-hydrogen) atoms. The van der Waals surface area contributed by atoms with E-state index in [-0.39, 0.29) is 10.8 Å². The molecule has 1 heterocycles. The number of rotatable bonds is 4. The Bertz CT molecular complexity index is 2660. The molecule has 0 radical (unpaired) electrons. The van der Waals surface area contributed by atoms with Crippen LogP contribution in [-0.4, -0.2) is 0 Å². The molecule has 0 fully saturated rings. The van der Waals surface area contributed by atoms with Crippen molar-refractivity contribution in [2.75, 3.05) is 4.90 Å². The molecule has 2 aliphatic carbocycles. The number of hydrogen-bond acceptors (Lipinski definition) is 2. The van der Waals surface area contributed by atoms with E-state index >= 15 is 0 Å². The van der Waals surface area contributed by atoms with Gasteiger partial charge in [0.1, 0.15) is 11.2 Å². The Morgan fingerprint density at radius 1 is 0.460 bits per heavy atom. The Labute approximate surface area is 293 Å². The molecule has 7 aromatic carbocycles. The lowest BCUT2D eigenvalue weighted by Gasteiger charge is -2.30. The van der Waals surface area contributed by atoms with E-state index in [9.17, 15) is 0 Å². The maximum Gasteiger partial charge on any atom is 0.145 e. The molecule has 0 N–H and O–H groups in total. The molecule has 0 aliphatic heterocycles. The van der Waals surface area contributed by atoms with Gasteiger partial charge in [-0.15, -0.1) is 0 Å². The van der Waals surface area contributed by atoms with E-state index < -0.39 is 0 Å². The quantitative estimate of drug-likeness (QED) is 0.190. The number of benzene rings is 7. The number of nitrogens with zero attached hydrogens (tertiary/aromatic N) is 1. The third kappa shape index (κ3) is 3.91. The van der Waals surface area contributed by atoms with Crippen LogP contribution in [0.3, 0.4) is 0 Å². The van der Waals surface area contributed by atoms with Crippen molar-refractivity contribution in [3.05, 3.63) is 174 Å². The highest BCUT2D eigenvalue weighted by Crippen LogP contribution is 2.57. The van der Waals surface area contributed by atoms with Crippen molar-refractivity contribution in [2.24, 2.45) is 0 Å². The van der Waals surface area contributed by atoms with Gasteiger partial charge in [-0.2, -0.15) is 0 Å². The van der Waals surface area contributed by atoms with Gasteiger partial charge < -0.3 is 9.32 Å². The summed E-state index contributed by atoms with van der Waals surface area (Å²) in [4.78, 5) is 2.50. The van der Waals surface area contributed by atoms with E-state index in [1.165, 1.54) is 50.2 Å². The number of para-hydroxylation sites is 1. The molecule has 0 amide bonds. The molecular formula is C48H37NO. The highest BCUT2D eigenvalue weighted by molar-refractivity contribution is 6.17. The van der Waals surface area contributed by atoms with E-state index in [1.54, 1.807) is 0 Å². The highest BCUT2D eigenvalue weighted by atomic mass is 16.3. The van der Waals surface area contributed by atoms with Gasteiger partial charge >= 0.3 is 0 Å². The summed E-state index contributed by atoms with van der Waals surface area (Å²) in [6.07, 6.45) is 0. The van der Waals surface area contributed by atoms with Gasteiger partial charge in [0, 0.05) is 33.0 Å². The second-order valence-corrected chi connectivity index (χ2v) is 14.9. The van der Waals surface area contributed by atoms with Gasteiger partial charge in [-0.1, -0.05) is 143 Å². The third-order valence-electron chi connectivity index (χ3n) is 11.5. The van der Waals surface area contributed by atoms with E-state index in [1.807, 2.05) is 0 Å². The van der Waals surface area contributed by atoms with Crippen molar-refractivity contribution in [3.63, 3.8) is 0 Å². The molecule has 0 saturated carbocycles. The predicted octanol–water partition coefficient (Wildman–Crippen LogP) is 13.3. The topological polar surface area (TPSA) is 16.4 Å². The minimum atomic E-state index is -0.122. The fraction of sp³-hybridized carbons (Fsp3) is 0.125. The monoisotopic (exact) mass is 643 g/mol. The molecule has 0 saturated heterocycles. The Kier molecular flexibility index (Phi) is 6.01. The van der Waals surface area contributed by atoms with Gasteiger partial charge in [0.25, 0.3) is 0 Å². The molecule has 2 heteroatoms. The normalized spacial score (nSPS) is 14.7. The van der Waals surface area contributed by atoms with E-state index in [0.717, 1.165) is 44.4 Å². The van der Waals surface area contributed by atoms with Crippen LogP contribution in [0, 0.1) is 0 Å². The van der Waals surface area contributed by atoms with Crippen molar-refractivity contribution in [1.29, 1.82) is 0 Å². The second kappa shape index (κ2) is 10.3. The Morgan fingerprint density at radius 2 is 1.10 bits per heavy atom. The average molecular weight is 644 g/mol. The highest BCUT2D eigenvalue weighted by Gasteiger charge is 2.39. The lowest BCUT2D eigenvalue weighted by molar-refractivity contribution is 0.660. The Morgan fingerprint density at radius 3 is 1.92 bits per heavy atom. The molecule has 0 unspecified atom stereocenters. The lowest BCUT2D eigenvalue weighted by atomic mass is 9.82. The zero-order chi connectivity index (χ0) is 33.8. The summed E-state index contributed by atoms with van der Waals surface area (Å²) in [5.74, 6) is 0. The van der Waals surface area contributed by atoms with Crippen LogP contribution in [0.25, 0.3) is 55.3 Å². The average Bonchev–Trinajstić information content (AvgIpc) is 3.73. The van der Waals surface area contributed by atoms with Crippen LogP contribution in [0.15, 0.2) is 156 Å². The molecule has 0 bridgehead atoms. The molecule has 2 nitrogen and oxygen atoms in total. The SMILES string of the molecule is CC1(C)c2ccccc2-c2cc(N(c3cccc4c3-c3ccccc3C4(C)C)c3ccc(-c4ccccc4)c4oc5ccccc5c34)ccc21. The van der Waals surface area contributed by atoms with E-state index in [0.29, 0.717) is 0 Å². The second-order valence-electron chi connectivity index (χ2n) is 14.9. The van der Waals surface area contributed by atoms with Crippen LogP contribution < -0.4 is 4.90 Å². The third-order valence-corrected chi connectivity index (χ3v) is 11.5. The summed E-state index contributed by atoms with van der Waals surface area (Å²) in [7, 11) is 0. The van der Waals surface area contributed by atoms with Crippen LogP contribution in [0.4, 0.5) is 17.1 Å². The first-order chi connectivity index (χ1) is 24.3. The maximum atomic E-state index is 6.80. The molecule has 240 valence electrons. The molecule has 2 aliphatic rings. The summed E-state index contributed by atoms with van der Waals surface area (Å²) < 4.78 is 6.80. The van der Waals surface area contributed by atoms with Crippen molar-refractivity contribution in [3.8, 4) is 33.4 Å². The van der Waals surface area contributed by atoms with E-state index in [2.05, 4.69) is 184 Å². The molecule has 10 rings (SSSR count). The van der Waals surface area contributed by atoms with Gasteiger partial charge in [0.15, 0.2) is 0 Å².